The molecule has 1 aromatic carbocycles. The van der Waals surface area contributed by atoms with Gasteiger partial charge in [0.25, 0.3) is 5.91 Å². The topological polar surface area (TPSA) is 75.5 Å². The number of piperazine rings is 1. The highest BCUT2D eigenvalue weighted by Crippen LogP contribution is 2.22. The van der Waals surface area contributed by atoms with Gasteiger partial charge < -0.3 is 4.90 Å². The van der Waals surface area contributed by atoms with E-state index in [1.54, 1.807) is 41.4 Å². The van der Waals surface area contributed by atoms with Gasteiger partial charge in [-0.3, -0.25) is 9.48 Å². The van der Waals surface area contributed by atoms with E-state index in [2.05, 4.69) is 5.10 Å². The van der Waals surface area contributed by atoms with E-state index in [4.69, 9.17) is 0 Å². The Hall–Kier alpha value is -2.19. The molecular weight excluding hydrogens is 352 g/mol. The number of aryl methyl sites for hydroxylation is 1. The minimum atomic E-state index is -3.50. The van der Waals surface area contributed by atoms with Crippen LogP contribution in [0.4, 0.5) is 0 Å². The Morgan fingerprint density at radius 1 is 0.962 bits per heavy atom. The van der Waals surface area contributed by atoms with Crippen molar-refractivity contribution in [2.75, 3.05) is 26.2 Å². The van der Waals surface area contributed by atoms with Crippen molar-refractivity contribution in [3.8, 4) is 0 Å². The number of hydrogen-bond acceptors (Lipinski definition) is 4. The number of benzene rings is 1. The Morgan fingerprint density at radius 2 is 1.69 bits per heavy atom. The maximum atomic E-state index is 12.9. The molecule has 0 spiro atoms. The van der Waals surface area contributed by atoms with Crippen molar-refractivity contribution in [3.05, 3.63) is 47.8 Å². The van der Waals surface area contributed by atoms with Gasteiger partial charge in [0.15, 0.2) is 0 Å². The third kappa shape index (κ3) is 3.03. The zero-order valence-electron chi connectivity index (χ0n) is 14.5. The predicted octanol–water partition coefficient (Wildman–Crippen LogP) is 1.37. The first-order valence-corrected chi connectivity index (χ1v) is 10.4. The summed E-state index contributed by atoms with van der Waals surface area (Å²) < 4.78 is 28.8. The molecule has 1 fully saturated rings. The molecule has 3 heterocycles. The fourth-order valence-electron chi connectivity index (χ4n) is 3.64. The van der Waals surface area contributed by atoms with E-state index in [9.17, 15) is 13.2 Å². The number of nitrogens with zero attached hydrogens (tertiary/aromatic N) is 4. The summed E-state index contributed by atoms with van der Waals surface area (Å²) in [6.45, 7) is 2.29. The first-order chi connectivity index (χ1) is 12.6. The highest BCUT2D eigenvalue weighted by atomic mass is 32.2. The lowest BCUT2D eigenvalue weighted by atomic mass is 10.1. The Balaban J connectivity index is 1.45. The third-order valence-corrected chi connectivity index (χ3v) is 7.03. The summed E-state index contributed by atoms with van der Waals surface area (Å²) in [5.74, 6) is -0.0371. The Morgan fingerprint density at radius 3 is 2.42 bits per heavy atom. The SMILES string of the molecule is O=C(c1cnn2c1CCCC2)N1CCN(S(=O)(=O)c2ccccc2)CC1. The van der Waals surface area contributed by atoms with E-state index in [1.165, 1.54) is 4.31 Å². The first kappa shape index (κ1) is 17.2. The zero-order valence-corrected chi connectivity index (χ0v) is 15.4. The lowest BCUT2D eigenvalue weighted by Crippen LogP contribution is -2.50. The molecule has 1 aromatic heterocycles. The van der Waals surface area contributed by atoms with Crippen molar-refractivity contribution in [3.63, 3.8) is 0 Å². The molecule has 2 aliphatic heterocycles. The number of carbonyl (C=O) groups excluding carboxylic acids is 1. The van der Waals surface area contributed by atoms with E-state index in [0.29, 0.717) is 36.6 Å². The molecule has 4 rings (SSSR count). The summed E-state index contributed by atoms with van der Waals surface area (Å²) in [6, 6.07) is 8.44. The van der Waals surface area contributed by atoms with Gasteiger partial charge in [-0.1, -0.05) is 18.2 Å². The van der Waals surface area contributed by atoms with Crippen LogP contribution in [-0.4, -0.2) is 59.5 Å². The van der Waals surface area contributed by atoms with Crippen LogP contribution in [0, 0.1) is 0 Å². The van der Waals surface area contributed by atoms with E-state index >= 15 is 0 Å². The summed E-state index contributed by atoms with van der Waals surface area (Å²) in [7, 11) is -3.50. The molecule has 0 N–H and O–H groups in total. The Labute approximate surface area is 153 Å². The van der Waals surface area contributed by atoms with Crippen LogP contribution in [0.1, 0.15) is 28.9 Å². The summed E-state index contributed by atoms with van der Waals surface area (Å²) in [6.07, 6.45) is 4.72. The van der Waals surface area contributed by atoms with Crippen molar-refractivity contribution in [2.24, 2.45) is 0 Å². The Kier molecular flexibility index (Phi) is 4.54. The average Bonchev–Trinajstić information content (AvgIpc) is 3.12. The van der Waals surface area contributed by atoms with Crippen LogP contribution < -0.4 is 0 Å². The van der Waals surface area contributed by atoms with Gasteiger partial charge >= 0.3 is 0 Å². The molecule has 0 atom stereocenters. The van der Waals surface area contributed by atoms with Crippen LogP contribution in [0.3, 0.4) is 0 Å². The number of sulfonamides is 1. The highest BCUT2D eigenvalue weighted by Gasteiger charge is 2.31. The van der Waals surface area contributed by atoms with Crippen LogP contribution in [-0.2, 0) is 23.0 Å². The van der Waals surface area contributed by atoms with Gasteiger partial charge in [0.05, 0.1) is 22.3 Å². The molecule has 0 aliphatic carbocycles. The van der Waals surface area contributed by atoms with Crippen molar-refractivity contribution in [2.45, 2.75) is 30.7 Å². The quantitative estimate of drug-likeness (QED) is 0.813. The summed E-state index contributed by atoms with van der Waals surface area (Å²) in [4.78, 5) is 14.9. The molecule has 26 heavy (non-hydrogen) atoms. The molecule has 7 nitrogen and oxygen atoms in total. The fraction of sp³-hybridized carbons (Fsp3) is 0.444. The van der Waals surface area contributed by atoms with E-state index < -0.39 is 10.0 Å². The van der Waals surface area contributed by atoms with Crippen molar-refractivity contribution in [1.82, 2.24) is 19.0 Å². The molecule has 0 saturated carbocycles. The van der Waals surface area contributed by atoms with E-state index in [-0.39, 0.29) is 5.91 Å². The fourth-order valence-corrected chi connectivity index (χ4v) is 5.09. The van der Waals surface area contributed by atoms with Crippen LogP contribution in [0.2, 0.25) is 0 Å². The van der Waals surface area contributed by atoms with E-state index in [1.807, 2.05) is 4.68 Å². The number of fused-ring (bicyclic) bond motifs is 1. The summed E-state index contributed by atoms with van der Waals surface area (Å²) >= 11 is 0. The molecule has 2 aromatic rings. The van der Waals surface area contributed by atoms with Gasteiger partial charge in [-0.05, 0) is 31.4 Å². The molecule has 0 unspecified atom stereocenters. The second-order valence-corrected chi connectivity index (χ2v) is 8.63. The van der Waals surface area contributed by atoms with Gasteiger partial charge in [-0.2, -0.15) is 9.40 Å². The molecule has 2 aliphatic rings. The number of rotatable bonds is 3. The molecule has 8 heteroatoms. The first-order valence-electron chi connectivity index (χ1n) is 8.96. The highest BCUT2D eigenvalue weighted by molar-refractivity contribution is 7.89. The van der Waals surface area contributed by atoms with Gasteiger partial charge in [-0.15, -0.1) is 0 Å². The normalized spacial score (nSPS) is 18.5. The Bertz CT molecular complexity index is 900. The van der Waals surface area contributed by atoms with E-state index in [0.717, 1.165) is 31.5 Å². The smallest absolute Gasteiger partial charge is 0.257 e. The third-order valence-electron chi connectivity index (χ3n) is 5.12. The van der Waals surface area contributed by atoms with Crippen LogP contribution in [0.5, 0.6) is 0 Å². The van der Waals surface area contributed by atoms with Crippen LogP contribution >= 0.6 is 0 Å². The second-order valence-electron chi connectivity index (χ2n) is 6.69. The maximum absolute atomic E-state index is 12.9. The second kappa shape index (κ2) is 6.85. The minimum absolute atomic E-state index is 0.0371. The molecule has 0 radical (unpaired) electrons. The standard InChI is InChI=1S/C18H22N4O3S/c23-18(16-14-19-22-9-5-4-8-17(16)22)20-10-12-21(13-11-20)26(24,25)15-6-2-1-3-7-15/h1-3,6-7,14H,4-5,8-13H2. The summed E-state index contributed by atoms with van der Waals surface area (Å²) in [5.41, 5.74) is 1.68. The molecule has 0 bridgehead atoms. The van der Waals surface area contributed by atoms with Crippen molar-refractivity contribution in [1.29, 1.82) is 0 Å². The molecule has 138 valence electrons. The number of amides is 1. The van der Waals surface area contributed by atoms with Crippen molar-refractivity contribution >= 4 is 15.9 Å². The van der Waals surface area contributed by atoms with Gasteiger partial charge in [0, 0.05) is 32.7 Å². The lowest BCUT2D eigenvalue weighted by molar-refractivity contribution is 0.0696. The largest absolute Gasteiger partial charge is 0.336 e. The number of hydrogen-bond donors (Lipinski definition) is 0. The van der Waals surface area contributed by atoms with Gasteiger partial charge in [0.1, 0.15) is 0 Å². The van der Waals surface area contributed by atoms with Crippen molar-refractivity contribution < 1.29 is 13.2 Å². The average molecular weight is 374 g/mol. The molecule has 1 saturated heterocycles. The molecule has 1 amide bonds. The van der Waals surface area contributed by atoms with Crippen LogP contribution in [0.15, 0.2) is 41.4 Å². The van der Waals surface area contributed by atoms with Gasteiger partial charge in [0.2, 0.25) is 10.0 Å². The monoisotopic (exact) mass is 374 g/mol. The minimum Gasteiger partial charge on any atom is -0.336 e. The summed E-state index contributed by atoms with van der Waals surface area (Å²) in [5, 5.41) is 4.33. The zero-order chi connectivity index (χ0) is 18.1. The predicted molar refractivity (Wildman–Crippen MR) is 96.3 cm³/mol. The lowest BCUT2D eigenvalue weighted by Gasteiger charge is -2.34. The number of carbonyl (C=O) groups is 1. The molecular formula is C18H22N4O3S. The van der Waals surface area contributed by atoms with Gasteiger partial charge in [-0.25, -0.2) is 8.42 Å². The maximum Gasteiger partial charge on any atom is 0.257 e. The van der Waals surface area contributed by atoms with Crippen LogP contribution in [0.25, 0.3) is 0 Å². The number of aromatic nitrogens is 2.